The van der Waals surface area contributed by atoms with E-state index in [0.717, 1.165) is 0 Å². The number of sulfonamides is 4. The molecule has 178 valence electrons. The van der Waals surface area contributed by atoms with Crippen LogP contribution in [0, 0.1) is 0 Å². The van der Waals surface area contributed by atoms with Gasteiger partial charge in [0.25, 0.3) is 0 Å². The van der Waals surface area contributed by atoms with Crippen molar-refractivity contribution in [1.29, 1.82) is 0 Å². The van der Waals surface area contributed by atoms with Gasteiger partial charge in [-0.05, 0) is 11.1 Å². The highest BCUT2D eigenvalue weighted by Gasteiger charge is 2.40. The Balaban J connectivity index is 3.66. The number of nitrogens with zero attached hydrogens (tertiary/aromatic N) is 2. The Labute approximate surface area is 183 Å². The van der Waals surface area contributed by atoms with Gasteiger partial charge in [0.15, 0.2) is 0 Å². The second-order valence-corrected chi connectivity index (χ2v) is 14.8. The minimum Gasteiger partial charge on any atom is -0.461 e. The van der Waals surface area contributed by atoms with Crippen LogP contribution in [-0.4, -0.2) is 78.6 Å². The molecule has 1 rings (SSSR count). The Kier molecular flexibility index (Phi) is 8.41. The van der Waals surface area contributed by atoms with Crippen molar-refractivity contribution in [3.8, 4) is 0 Å². The predicted octanol–water partition coefficient (Wildman–Crippen LogP) is -0.767. The minimum atomic E-state index is -4.48. The Morgan fingerprint density at radius 2 is 1.23 bits per heavy atom. The van der Waals surface area contributed by atoms with Gasteiger partial charge in [0.05, 0.1) is 37.6 Å². The summed E-state index contributed by atoms with van der Waals surface area (Å²) in [5.74, 6) is -0.542. The normalized spacial score (nSPS) is 14.5. The highest BCUT2D eigenvalue weighted by molar-refractivity contribution is 8.04. The number of hydrogen-bond acceptors (Lipinski definition) is 10. The fourth-order valence-electron chi connectivity index (χ4n) is 2.68. The molecule has 0 saturated heterocycles. The fourth-order valence-corrected chi connectivity index (χ4v) is 8.74. The molecule has 0 heterocycles. The Hall–Kier alpha value is -1.59. The van der Waals surface area contributed by atoms with E-state index in [1.54, 1.807) is 0 Å². The average molecular weight is 521 g/mol. The number of esters is 1. The largest absolute Gasteiger partial charge is 0.461 e. The summed E-state index contributed by atoms with van der Waals surface area (Å²) in [6.07, 6.45) is 2.39. The lowest BCUT2D eigenvalue weighted by atomic mass is 10.1. The lowest BCUT2D eigenvalue weighted by molar-refractivity contribution is -0.142. The monoisotopic (exact) mass is 520 g/mol. The van der Waals surface area contributed by atoms with Crippen LogP contribution in [-0.2, 0) is 56.2 Å². The zero-order valence-electron chi connectivity index (χ0n) is 17.4. The van der Waals surface area contributed by atoms with Gasteiger partial charge in [-0.25, -0.2) is 33.7 Å². The average Bonchev–Trinajstić information content (AvgIpc) is 2.52. The third kappa shape index (κ3) is 8.12. The summed E-state index contributed by atoms with van der Waals surface area (Å²) in [5.41, 5.74) is 0.478. The summed E-state index contributed by atoms with van der Waals surface area (Å²) < 4.78 is 102. The van der Waals surface area contributed by atoms with Crippen LogP contribution in [0.15, 0.2) is 24.3 Å². The molecular weight excluding hydrogens is 496 g/mol. The molecule has 16 heteroatoms. The van der Waals surface area contributed by atoms with Crippen molar-refractivity contribution in [1.82, 2.24) is 7.42 Å². The van der Waals surface area contributed by atoms with E-state index >= 15 is 0 Å². The zero-order valence-corrected chi connectivity index (χ0v) is 20.7. The second-order valence-electron chi connectivity index (χ2n) is 6.77. The predicted molar refractivity (Wildman–Crippen MR) is 113 cm³/mol. The van der Waals surface area contributed by atoms with Crippen molar-refractivity contribution >= 4 is 46.1 Å². The molecule has 0 fully saturated rings. The second kappa shape index (κ2) is 9.50. The van der Waals surface area contributed by atoms with Gasteiger partial charge >= 0.3 is 5.97 Å². The topological polar surface area (TPSA) is 169 Å². The van der Waals surface area contributed by atoms with Crippen LogP contribution in [0.2, 0.25) is 0 Å². The summed E-state index contributed by atoms with van der Waals surface area (Å²) >= 11 is 0. The Morgan fingerprint density at radius 3 is 1.55 bits per heavy atom. The number of ether oxygens (including phenoxy) is 1. The molecule has 0 radical (unpaired) electrons. The summed E-state index contributed by atoms with van der Waals surface area (Å²) in [7, 11) is -17.8. The molecule has 0 aliphatic rings. The molecule has 12 nitrogen and oxygen atoms in total. The summed E-state index contributed by atoms with van der Waals surface area (Å²) in [4.78, 5) is 10.9. The lowest BCUT2D eigenvalue weighted by Gasteiger charge is -2.31. The van der Waals surface area contributed by atoms with Gasteiger partial charge in [0.2, 0.25) is 40.1 Å². The van der Waals surface area contributed by atoms with E-state index in [1.165, 1.54) is 31.2 Å². The molecule has 0 aromatic heterocycles. The van der Waals surface area contributed by atoms with E-state index in [-0.39, 0.29) is 19.6 Å². The van der Waals surface area contributed by atoms with Gasteiger partial charge in [-0.2, -0.15) is 0 Å². The van der Waals surface area contributed by atoms with Crippen LogP contribution in [0.1, 0.15) is 24.1 Å². The first-order valence-electron chi connectivity index (χ1n) is 8.34. The molecule has 1 atom stereocenters. The van der Waals surface area contributed by atoms with Crippen molar-refractivity contribution in [3.05, 3.63) is 35.4 Å². The number of benzene rings is 1. The molecule has 0 N–H and O–H groups in total. The number of carbonyl (C=O) groups excluding carboxylic acids is 1. The first-order valence-corrected chi connectivity index (χ1v) is 15.7. The molecule has 0 saturated carbocycles. The van der Waals surface area contributed by atoms with Crippen LogP contribution in [0.4, 0.5) is 0 Å². The molecule has 1 aromatic carbocycles. The van der Waals surface area contributed by atoms with Crippen molar-refractivity contribution in [2.45, 2.75) is 19.6 Å². The van der Waals surface area contributed by atoms with E-state index in [0.29, 0.717) is 30.6 Å². The molecule has 1 aromatic rings. The molecular formula is C15H24N2O10S4. The Bertz CT molecular complexity index is 1170. The van der Waals surface area contributed by atoms with E-state index in [4.69, 9.17) is 4.74 Å². The van der Waals surface area contributed by atoms with Crippen LogP contribution in [0.5, 0.6) is 0 Å². The van der Waals surface area contributed by atoms with E-state index in [2.05, 4.69) is 0 Å². The van der Waals surface area contributed by atoms with Gasteiger partial charge in [-0.1, -0.05) is 31.7 Å². The van der Waals surface area contributed by atoms with Crippen LogP contribution < -0.4 is 0 Å². The van der Waals surface area contributed by atoms with E-state index in [1.807, 2.05) is 0 Å². The maximum atomic E-state index is 12.3. The molecule has 0 unspecified atom stereocenters. The van der Waals surface area contributed by atoms with Crippen molar-refractivity contribution in [3.63, 3.8) is 0 Å². The van der Waals surface area contributed by atoms with Crippen molar-refractivity contribution in [2.75, 3.05) is 31.6 Å². The summed E-state index contributed by atoms with van der Waals surface area (Å²) in [6.45, 7) is 0.0769. The van der Waals surface area contributed by atoms with Crippen LogP contribution in [0.3, 0.4) is 0 Å². The summed E-state index contributed by atoms with van der Waals surface area (Å²) in [5, 5.41) is 0. The highest BCUT2D eigenvalue weighted by Crippen LogP contribution is 2.29. The van der Waals surface area contributed by atoms with Gasteiger partial charge in [-0.3, -0.25) is 4.79 Å². The van der Waals surface area contributed by atoms with Gasteiger partial charge in [-0.15, -0.1) is 0 Å². The lowest BCUT2D eigenvalue weighted by Crippen LogP contribution is -2.46. The molecule has 31 heavy (non-hydrogen) atoms. The van der Waals surface area contributed by atoms with Gasteiger partial charge in [0.1, 0.15) is 6.61 Å². The molecule has 0 bridgehead atoms. The smallest absolute Gasteiger partial charge is 0.302 e. The standard InChI is InChI=1S/C15H24N2O10S4/c1-12(18)27-11-13-6-8-14(9-7-13)15(17(30(4,23)24)31(5,25)26)10-16(28(2,19)20)29(3,21)22/h6-9,15H,10-11H2,1-5H3/t15-/m1/s1. The van der Waals surface area contributed by atoms with Gasteiger partial charge < -0.3 is 4.74 Å². The third-order valence-electron chi connectivity index (χ3n) is 3.78. The number of rotatable bonds is 10. The highest BCUT2D eigenvalue weighted by atomic mass is 32.3. The third-order valence-corrected chi connectivity index (χ3v) is 10.6. The molecule has 0 aliphatic heterocycles. The van der Waals surface area contributed by atoms with E-state index in [9.17, 15) is 38.5 Å². The Morgan fingerprint density at radius 1 is 0.806 bits per heavy atom. The molecule has 0 amide bonds. The fraction of sp³-hybridized carbons (Fsp3) is 0.533. The first kappa shape index (κ1) is 27.4. The van der Waals surface area contributed by atoms with Gasteiger partial charge in [0, 0.05) is 6.92 Å². The SMILES string of the molecule is CC(=O)OCc1ccc([C@@H](CN(S(C)(=O)=O)S(C)(=O)=O)N(S(C)(=O)=O)S(C)(=O)=O)cc1. The number of hydrogen-bond donors (Lipinski definition) is 0. The quantitative estimate of drug-likeness (QED) is 0.357. The summed E-state index contributed by atoms with van der Waals surface area (Å²) in [6, 6.07) is 3.65. The minimum absolute atomic E-state index is 0.000255. The maximum absolute atomic E-state index is 12.3. The van der Waals surface area contributed by atoms with E-state index < -0.39 is 58.6 Å². The first-order chi connectivity index (χ1) is 13.7. The maximum Gasteiger partial charge on any atom is 0.302 e. The molecule has 0 spiro atoms. The number of carbonyl (C=O) groups is 1. The van der Waals surface area contributed by atoms with Crippen LogP contribution >= 0.6 is 0 Å². The van der Waals surface area contributed by atoms with Crippen LogP contribution in [0.25, 0.3) is 0 Å². The van der Waals surface area contributed by atoms with Crippen molar-refractivity contribution in [2.24, 2.45) is 0 Å². The van der Waals surface area contributed by atoms with Crippen molar-refractivity contribution < 1.29 is 43.2 Å². The zero-order chi connectivity index (χ0) is 24.4. The molecule has 0 aliphatic carbocycles.